The average molecular weight is 211 g/mol. The molecule has 0 atom stereocenters. The maximum absolute atomic E-state index is 10.1. The molecule has 1 rings (SSSR count). The van der Waals surface area contributed by atoms with Crippen LogP contribution < -0.4 is 10.6 Å². The van der Waals surface area contributed by atoms with Gasteiger partial charge >= 0.3 is 0 Å². The number of aromatic amines is 1. The van der Waals surface area contributed by atoms with Gasteiger partial charge in [-0.15, -0.1) is 0 Å². The zero-order chi connectivity index (χ0) is 11.1. The summed E-state index contributed by atoms with van der Waals surface area (Å²) in [6, 6.07) is 0. The SMILES string of the molecule is CN(C)CCNCc1ncc(NC=O)[nH]1. The Balaban J connectivity index is 2.22. The van der Waals surface area contributed by atoms with Crippen molar-refractivity contribution in [3.05, 3.63) is 12.0 Å². The smallest absolute Gasteiger partial charge is 0.212 e. The van der Waals surface area contributed by atoms with E-state index < -0.39 is 0 Å². The summed E-state index contributed by atoms with van der Waals surface area (Å²) in [5.41, 5.74) is 0. The monoisotopic (exact) mass is 211 g/mol. The summed E-state index contributed by atoms with van der Waals surface area (Å²) in [5.74, 6) is 1.44. The number of nitrogens with one attached hydrogen (secondary N) is 3. The molecule has 1 amide bonds. The molecule has 1 aromatic heterocycles. The standard InChI is InChI=1S/C9H17N5O/c1-14(2)4-3-10-5-8-11-6-9(13-8)12-7-15/h6-7,10H,3-5H2,1-2H3,(H,11,13)(H,12,15). The summed E-state index contributed by atoms with van der Waals surface area (Å²) in [4.78, 5) is 19.3. The molecular formula is C9H17N5O. The van der Waals surface area contributed by atoms with E-state index in [0.717, 1.165) is 18.9 Å². The van der Waals surface area contributed by atoms with E-state index in [1.165, 1.54) is 0 Å². The first-order valence-electron chi connectivity index (χ1n) is 4.82. The molecule has 6 heteroatoms. The second kappa shape index (κ2) is 6.15. The first-order chi connectivity index (χ1) is 7.22. The number of anilines is 1. The maximum Gasteiger partial charge on any atom is 0.212 e. The molecule has 0 aromatic carbocycles. The number of nitrogens with zero attached hydrogens (tertiary/aromatic N) is 2. The van der Waals surface area contributed by atoms with Crippen LogP contribution in [0.2, 0.25) is 0 Å². The molecule has 0 spiro atoms. The lowest BCUT2D eigenvalue weighted by Gasteiger charge is -2.09. The molecule has 0 radical (unpaired) electrons. The quantitative estimate of drug-likeness (QED) is 0.425. The van der Waals surface area contributed by atoms with Gasteiger partial charge < -0.3 is 20.5 Å². The van der Waals surface area contributed by atoms with E-state index in [2.05, 4.69) is 25.5 Å². The second-order valence-electron chi connectivity index (χ2n) is 3.49. The Labute approximate surface area is 89.1 Å². The van der Waals surface area contributed by atoms with Gasteiger partial charge in [0.25, 0.3) is 0 Å². The van der Waals surface area contributed by atoms with Gasteiger partial charge in [-0.05, 0) is 14.1 Å². The van der Waals surface area contributed by atoms with Crippen molar-refractivity contribution in [2.24, 2.45) is 0 Å². The van der Waals surface area contributed by atoms with Gasteiger partial charge in [-0.2, -0.15) is 0 Å². The van der Waals surface area contributed by atoms with Crippen LogP contribution in [0.25, 0.3) is 0 Å². The first kappa shape index (κ1) is 11.7. The largest absolute Gasteiger partial charge is 0.328 e. The Morgan fingerprint density at radius 2 is 2.40 bits per heavy atom. The molecule has 3 N–H and O–H groups in total. The van der Waals surface area contributed by atoms with Crippen LogP contribution in [0.4, 0.5) is 5.82 Å². The van der Waals surface area contributed by atoms with Crippen LogP contribution in [0.5, 0.6) is 0 Å². The Hall–Kier alpha value is -1.40. The number of amides is 1. The summed E-state index contributed by atoms with van der Waals surface area (Å²) < 4.78 is 0. The molecule has 84 valence electrons. The predicted octanol–water partition coefficient (Wildman–Crippen LogP) is -0.371. The number of carbonyl (C=O) groups excluding carboxylic acids is 1. The lowest BCUT2D eigenvalue weighted by molar-refractivity contribution is -0.105. The van der Waals surface area contributed by atoms with Crippen LogP contribution in [-0.4, -0.2) is 48.5 Å². The Kier molecular flexibility index (Phi) is 4.79. The summed E-state index contributed by atoms with van der Waals surface area (Å²) in [6.45, 7) is 2.57. The maximum atomic E-state index is 10.1. The van der Waals surface area contributed by atoms with E-state index in [1.54, 1.807) is 6.20 Å². The lowest BCUT2D eigenvalue weighted by atomic mass is 10.5. The van der Waals surface area contributed by atoms with Crippen molar-refractivity contribution in [2.75, 3.05) is 32.5 Å². The molecule has 0 bridgehead atoms. The molecule has 0 aliphatic rings. The second-order valence-corrected chi connectivity index (χ2v) is 3.49. The minimum atomic E-state index is 0.620. The molecule has 0 saturated carbocycles. The fraction of sp³-hybridized carbons (Fsp3) is 0.556. The molecular weight excluding hydrogens is 194 g/mol. The summed E-state index contributed by atoms with van der Waals surface area (Å²) in [5, 5.41) is 5.74. The van der Waals surface area contributed by atoms with Crippen molar-refractivity contribution < 1.29 is 4.79 Å². The third-order valence-electron chi connectivity index (χ3n) is 1.87. The van der Waals surface area contributed by atoms with Gasteiger partial charge in [0.05, 0.1) is 12.7 Å². The van der Waals surface area contributed by atoms with Crippen LogP contribution in [0.15, 0.2) is 6.20 Å². The number of likely N-dealkylation sites (N-methyl/N-ethyl adjacent to an activating group) is 1. The van der Waals surface area contributed by atoms with Gasteiger partial charge in [0.15, 0.2) is 0 Å². The fourth-order valence-electron chi connectivity index (χ4n) is 1.10. The molecule has 6 nitrogen and oxygen atoms in total. The summed E-state index contributed by atoms with van der Waals surface area (Å²) in [7, 11) is 4.06. The normalized spacial score (nSPS) is 10.6. The van der Waals surface area contributed by atoms with E-state index in [1.807, 2.05) is 14.1 Å². The van der Waals surface area contributed by atoms with Crippen molar-refractivity contribution >= 4 is 12.2 Å². The molecule has 0 fully saturated rings. The molecule has 1 heterocycles. The third-order valence-corrected chi connectivity index (χ3v) is 1.87. The van der Waals surface area contributed by atoms with Gasteiger partial charge in [-0.3, -0.25) is 4.79 Å². The number of aromatic nitrogens is 2. The lowest BCUT2D eigenvalue weighted by Crippen LogP contribution is -2.26. The highest BCUT2D eigenvalue weighted by Gasteiger charge is 1.98. The van der Waals surface area contributed by atoms with Crippen LogP contribution >= 0.6 is 0 Å². The van der Waals surface area contributed by atoms with Crippen molar-refractivity contribution in [2.45, 2.75) is 6.54 Å². The van der Waals surface area contributed by atoms with Crippen molar-refractivity contribution in [1.82, 2.24) is 20.2 Å². The van der Waals surface area contributed by atoms with Crippen LogP contribution in [0.1, 0.15) is 5.82 Å². The highest BCUT2D eigenvalue weighted by atomic mass is 16.1. The van der Waals surface area contributed by atoms with Gasteiger partial charge in [0, 0.05) is 13.1 Å². The minimum Gasteiger partial charge on any atom is -0.328 e. The first-order valence-corrected chi connectivity index (χ1v) is 4.82. The minimum absolute atomic E-state index is 0.620. The van der Waals surface area contributed by atoms with Crippen molar-refractivity contribution in [1.29, 1.82) is 0 Å². The zero-order valence-electron chi connectivity index (χ0n) is 9.08. The van der Waals surface area contributed by atoms with E-state index in [0.29, 0.717) is 18.8 Å². The topological polar surface area (TPSA) is 73.0 Å². The van der Waals surface area contributed by atoms with E-state index >= 15 is 0 Å². The highest BCUT2D eigenvalue weighted by Crippen LogP contribution is 2.00. The zero-order valence-corrected chi connectivity index (χ0v) is 9.08. The summed E-state index contributed by atoms with van der Waals surface area (Å²) >= 11 is 0. The average Bonchev–Trinajstić information content (AvgIpc) is 2.61. The summed E-state index contributed by atoms with van der Waals surface area (Å²) in [6.07, 6.45) is 2.22. The highest BCUT2D eigenvalue weighted by molar-refractivity contribution is 5.68. The Morgan fingerprint density at radius 1 is 1.60 bits per heavy atom. The van der Waals surface area contributed by atoms with Gasteiger partial charge in [-0.1, -0.05) is 0 Å². The van der Waals surface area contributed by atoms with Gasteiger partial charge in [-0.25, -0.2) is 4.98 Å². The van der Waals surface area contributed by atoms with Crippen LogP contribution in [0.3, 0.4) is 0 Å². The van der Waals surface area contributed by atoms with Gasteiger partial charge in [0.1, 0.15) is 11.6 Å². The molecule has 0 saturated heterocycles. The van der Waals surface area contributed by atoms with E-state index in [9.17, 15) is 4.79 Å². The predicted molar refractivity (Wildman–Crippen MR) is 58.5 cm³/mol. The molecule has 0 aliphatic heterocycles. The van der Waals surface area contributed by atoms with Gasteiger partial charge in [0.2, 0.25) is 6.41 Å². The third kappa shape index (κ3) is 4.57. The number of imidazole rings is 1. The van der Waals surface area contributed by atoms with E-state index in [-0.39, 0.29) is 0 Å². The Bertz CT molecular complexity index is 296. The van der Waals surface area contributed by atoms with Crippen molar-refractivity contribution in [3.8, 4) is 0 Å². The fourth-order valence-corrected chi connectivity index (χ4v) is 1.10. The van der Waals surface area contributed by atoms with Crippen LogP contribution in [-0.2, 0) is 11.3 Å². The van der Waals surface area contributed by atoms with E-state index in [4.69, 9.17) is 0 Å². The molecule has 0 aliphatic carbocycles. The number of H-pyrrole nitrogens is 1. The number of hydrogen-bond acceptors (Lipinski definition) is 4. The molecule has 15 heavy (non-hydrogen) atoms. The van der Waals surface area contributed by atoms with Crippen LogP contribution in [0, 0.1) is 0 Å². The molecule has 1 aromatic rings. The number of carbonyl (C=O) groups is 1. The number of hydrogen-bond donors (Lipinski definition) is 3. The number of rotatable bonds is 7. The molecule has 0 unspecified atom stereocenters. The van der Waals surface area contributed by atoms with Crippen molar-refractivity contribution in [3.63, 3.8) is 0 Å². The Morgan fingerprint density at radius 3 is 3.07 bits per heavy atom.